The van der Waals surface area contributed by atoms with Gasteiger partial charge in [-0.1, -0.05) is 6.07 Å². The Morgan fingerprint density at radius 1 is 0.923 bits per heavy atom. The molecular formula is C17H15F3N6. The van der Waals surface area contributed by atoms with Crippen LogP contribution in [0.4, 0.5) is 42.0 Å². The minimum atomic E-state index is -0.731. The SMILES string of the molecule is Nc1ccc(F)cc1Nc1nc(N)c(N)c(Cc2c(F)cccc2F)n1. The van der Waals surface area contributed by atoms with Crippen molar-refractivity contribution >= 4 is 28.8 Å². The number of nitrogen functional groups attached to an aromatic ring is 3. The molecule has 6 nitrogen and oxygen atoms in total. The van der Waals surface area contributed by atoms with Crippen molar-refractivity contribution in [1.29, 1.82) is 0 Å². The van der Waals surface area contributed by atoms with E-state index in [1.54, 1.807) is 0 Å². The number of rotatable bonds is 4. The summed E-state index contributed by atoms with van der Waals surface area (Å²) >= 11 is 0. The number of hydrogen-bond acceptors (Lipinski definition) is 6. The van der Waals surface area contributed by atoms with Crippen LogP contribution in [0.3, 0.4) is 0 Å². The van der Waals surface area contributed by atoms with Gasteiger partial charge in [0.15, 0.2) is 5.82 Å². The fourth-order valence-corrected chi connectivity index (χ4v) is 2.35. The van der Waals surface area contributed by atoms with Crippen LogP contribution in [0.5, 0.6) is 0 Å². The first kappa shape index (κ1) is 17.3. The Labute approximate surface area is 146 Å². The Kier molecular flexibility index (Phi) is 4.53. The molecule has 3 rings (SSSR count). The zero-order chi connectivity index (χ0) is 18.8. The summed E-state index contributed by atoms with van der Waals surface area (Å²) in [5.41, 5.74) is 17.8. The van der Waals surface area contributed by atoms with E-state index in [2.05, 4.69) is 15.3 Å². The molecule has 7 N–H and O–H groups in total. The first-order valence-corrected chi connectivity index (χ1v) is 7.52. The number of hydrogen-bond donors (Lipinski definition) is 4. The standard InChI is InChI=1S/C17H15F3N6/c18-8-4-5-12(21)13(6-8)24-17-25-14(15(22)16(23)26-17)7-9-10(19)2-1-3-11(9)20/h1-6H,7,21-22H2,(H3,23,24,25,26). The Morgan fingerprint density at radius 3 is 2.31 bits per heavy atom. The molecule has 0 atom stereocenters. The topological polar surface area (TPSA) is 116 Å². The molecule has 3 aromatic rings. The molecule has 0 amide bonds. The van der Waals surface area contributed by atoms with Gasteiger partial charge in [0.1, 0.15) is 17.5 Å². The van der Waals surface area contributed by atoms with Gasteiger partial charge in [-0.3, -0.25) is 0 Å². The Hall–Kier alpha value is -3.49. The summed E-state index contributed by atoms with van der Waals surface area (Å²) in [5.74, 6) is -2.08. The number of benzene rings is 2. The molecule has 0 aliphatic rings. The number of anilines is 5. The number of nitrogens with zero attached hydrogens (tertiary/aromatic N) is 2. The van der Waals surface area contributed by atoms with Crippen LogP contribution in [-0.4, -0.2) is 9.97 Å². The normalized spacial score (nSPS) is 10.7. The van der Waals surface area contributed by atoms with Crippen LogP contribution in [0, 0.1) is 17.5 Å². The van der Waals surface area contributed by atoms with Gasteiger partial charge in [0, 0.05) is 12.0 Å². The Morgan fingerprint density at radius 2 is 1.62 bits per heavy atom. The van der Waals surface area contributed by atoms with E-state index in [9.17, 15) is 13.2 Å². The van der Waals surface area contributed by atoms with E-state index in [4.69, 9.17) is 17.2 Å². The van der Waals surface area contributed by atoms with E-state index in [1.165, 1.54) is 18.2 Å². The first-order chi connectivity index (χ1) is 12.3. The Balaban J connectivity index is 1.98. The quantitative estimate of drug-likeness (QED) is 0.532. The molecule has 1 aromatic heterocycles. The molecule has 0 spiro atoms. The molecule has 0 bridgehead atoms. The summed E-state index contributed by atoms with van der Waals surface area (Å²) in [5, 5.41) is 2.73. The van der Waals surface area contributed by atoms with Gasteiger partial charge in [-0.05, 0) is 30.3 Å². The molecule has 0 aliphatic heterocycles. The van der Waals surface area contributed by atoms with E-state index >= 15 is 0 Å². The molecule has 0 saturated heterocycles. The van der Waals surface area contributed by atoms with Crippen molar-refractivity contribution in [2.45, 2.75) is 6.42 Å². The number of halogens is 3. The lowest BCUT2D eigenvalue weighted by Gasteiger charge is -2.13. The third-order valence-corrected chi connectivity index (χ3v) is 3.72. The van der Waals surface area contributed by atoms with E-state index in [1.807, 2.05) is 0 Å². The fraction of sp³-hybridized carbons (Fsp3) is 0.0588. The highest BCUT2D eigenvalue weighted by molar-refractivity contribution is 5.72. The smallest absolute Gasteiger partial charge is 0.229 e. The van der Waals surface area contributed by atoms with E-state index in [0.29, 0.717) is 0 Å². The number of nitrogens with two attached hydrogens (primary N) is 3. The lowest BCUT2D eigenvalue weighted by molar-refractivity contribution is 0.560. The average molecular weight is 360 g/mol. The van der Waals surface area contributed by atoms with Crippen LogP contribution in [0.15, 0.2) is 36.4 Å². The summed E-state index contributed by atoms with van der Waals surface area (Å²) in [4.78, 5) is 8.09. The molecule has 9 heteroatoms. The third-order valence-electron chi connectivity index (χ3n) is 3.72. The van der Waals surface area contributed by atoms with Crippen molar-refractivity contribution < 1.29 is 13.2 Å². The third kappa shape index (κ3) is 3.46. The molecular weight excluding hydrogens is 345 g/mol. The van der Waals surface area contributed by atoms with Gasteiger partial charge in [0.05, 0.1) is 22.8 Å². The highest BCUT2D eigenvalue weighted by Gasteiger charge is 2.16. The fourth-order valence-electron chi connectivity index (χ4n) is 2.35. The highest BCUT2D eigenvalue weighted by atomic mass is 19.1. The van der Waals surface area contributed by atoms with Gasteiger partial charge in [0.25, 0.3) is 0 Å². The van der Waals surface area contributed by atoms with Crippen molar-refractivity contribution in [2.24, 2.45) is 0 Å². The van der Waals surface area contributed by atoms with Crippen molar-refractivity contribution in [3.05, 3.63) is 65.1 Å². The predicted octanol–water partition coefficient (Wildman–Crippen LogP) is 2.97. The maximum Gasteiger partial charge on any atom is 0.229 e. The van der Waals surface area contributed by atoms with Crippen LogP contribution >= 0.6 is 0 Å². The first-order valence-electron chi connectivity index (χ1n) is 7.52. The van der Waals surface area contributed by atoms with Gasteiger partial charge >= 0.3 is 0 Å². The molecule has 134 valence electrons. The van der Waals surface area contributed by atoms with E-state index in [0.717, 1.165) is 18.2 Å². The van der Waals surface area contributed by atoms with Gasteiger partial charge in [-0.15, -0.1) is 0 Å². The second-order valence-corrected chi connectivity index (χ2v) is 5.53. The van der Waals surface area contributed by atoms with Gasteiger partial charge < -0.3 is 22.5 Å². The minimum Gasteiger partial charge on any atom is -0.397 e. The van der Waals surface area contributed by atoms with Crippen LogP contribution in [0.25, 0.3) is 0 Å². The van der Waals surface area contributed by atoms with Gasteiger partial charge in [-0.2, -0.15) is 4.98 Å². The van der Waals surface area contributed by atoms with E-state index < -0.39 is 17.5 Å². The number of aromatic nitrogens is 2. The maximum atomic E-state index is 13.9. The van der Waals surface area contributed by atoms with Crippen LogP contribution < -0.4 is 22.5 Å². The van der Waals surface area contributed by atoms with Crippen LogP contribution in [0.2, 0.25) is 0 Å². The monoisotopic (exact) mass is 360 g/mol. The summed E-state index contributed by atoms with van der Waals surface area (Å²) in [6, 6.07) is 7.24. The molecule has 0 radical (unpaired) electrons. The largest absolute Gasteiger partial charge is 0.397 e. The van der Waals surface area contributed by atoms with Crippen molar-refractivity contribution in [3.63, 3.8) is 0 Å². The molecule has 0 aliphatic carbocycles. The van der Waals surface area contributed by atoms with E-state index in [-0.39, 0.29) is 46.5 Å². The molecule has 0 fully saturated rings. The average Bonchev–Trinajstić information content (AvgIpc) is 2.58. The Bertz CT molecular complexity index is 957. The van der Waals surface area contributed by atoms with Crippen molar-refractivity contribution in [3.8, 4) is 0 Å². The zero-order valence-corrected chi connectivity index (χ0v) is 13.4. The molecule has 0 saturated carbocycles. The van der Waals surface area contributed by atoms with Gasteiger partial charge in [0.2, 0.25) is 5.95 Å². The highest BCUT2D eigenvalue weighted by Crippen LogP contribution is 2.27. The number of nitrogens with one attached hydrogen (secondary N) is 1. The van der Waals surface area contributed by atoms with Crippen molar-refractivity contribution in [2.75, 3.05) is 22.5 Å². The summed E-state index contributed by atoms with van der Waals surface area (Å²) < 4.78 is 41.2. The van der Waals surface area contributed by atoms with Gasteiger partial charge in [-0.25, -0.2) is 18.2 Å². The second-order valence-electron chi connectivity index (χ2n) is 5.53. The zero-order valence-electron chi connectivity index (χ0n) is 13.4. The summed E-state index contributed by atoms with van der Waals surface area (Å²) in [6.45, 7) is 0. The molecule has 0 unspecified atom stereocenters. The molecule has 26 heavy (non-hydrogen) atoms. The van der Waals surface area contributed by atoms with Crippen molar-refractivity contribution in [1.82, 2.24) is 9.97 Å². The minimum absolute atomic E-state index is 0.00502. The summed E-state index contributed by atoms with van der Waals surface area (Å²) in [7, 11) is 0. The lowest BCUT2D eigenvalue weighted by Crippen LogP contribution is -2.11. The summed E-state index contributed by atoms with van der Waals surface area (Å²) in [6.07, 6.45) is -0.232. The van der Waals surface area contributed by atoms with Crippen LogP contribution in [-0.2, 0) is 6.42 Å². The molecule has 2 aromatic carbocycles. The maximum absolute atomic E-state index is 13.9. The lowest BCUT2D eigenvalue weighted by atomic mass is 10.1. The predicted molar refractivity (Wildman–Crippen MR) is 94.1 cm³/mol. The second kappa shape index (κ2) is 6.79. The molecule has 1 heterocycles. The van der Waals surface area contributed by atoms with Crippen LogP contribution in [0.1, 0.15) is 11.3 Å².